The fraction of sp³-hybridized carbons (Fsp3) is 0.462. The van der Waals surface area contributed by atoms with E-state index in [0.29, 0.717) is 18.4 Å². The molecule has 0 bridgehead atoms. The molecule has 18 heavy (non-hydrogen) atoms. The summed E-state index contributed by atoms with van der Waals surface area (Å²) in [7, 11) is 0. The van der Waals surface area contributed by atoms with Gasteiger partial charge in [0.05, 0.1) is 6.61 Å². The zero-order valence-corrected chi connectivity index (χ0v) is 9.87. The van der Waals surface area contributed by atoms with Gasteiger partial charge in [0.1, 0.15) is 11.5 Å². The molecule has 4 rings (SSSR count). The Morgan fingerprint density at radius 2 is 2.33 bits per heavy atom. The monoisotopic (exact) mass is 243 g/mol. The van der Waals surface area contributed by atoms with Crippen LogP contribution in [0.2, 0.25) is 0 Å². The van der Waals surface area contributed by atoms with Gasteiger partial charge in [-0.05, 0) is 18.6 Å². The molecule has 0 unspecified atom stereocenters. The third-order valence-corrected chi connectivity index (χ3v) is 3.63. The average molecular weight is 243 g/mol. The molecule has 5 nitrogen and oxygen atoms in total. The molecule has 1 fully saturated rings. The molecule has 1 aromatic heterocycles. The van der Waals surface area contributed by atoms with Crippen molar-refractivity contribution >= 4 is 6.08 Å². The molecule has 92 valence electrons. The highest BCUT2D eigenvalue weighted by Gasteiger charge is 2.30. The average Bonchev–Trinajstić information content (AvgIpc) is 2.76. The van der Waals surface area contributed by atoms with Gasteiger partial charge in [0.15, 0.2) is 5.49 Å². The number of fused-ring (bicyclic) bond motifs is 3. The van der Waals surface area contributed by atoms with Gasteiger partial charge in [-0.25, -0.2) is 4.99 Å². The summed E-state index contributed by atoms with van der Waals surface area (Å²) in [6.07, 6.45) is 4.78. The Labute approximate surface area is 104 Å². The summed E-state index contributed by atoms with van der Waals surface area (Å²) in [5.41, 5.74) is 1.74. The molecule has 0 aliphatic carbocycles. The number of aromatic nitrogens is 1. The molecule has 0 saturated carbocycles. The van der Waals surface area contributed by atoms with Gasteiger partial charge in [-0.3, -0.25) is 4.99 Å². The van der Waals surface area contributed by atoms with Gasteiger partial charge in [0.25, 0.3) is 0 Å². The van der Waals surface area contributed by atoms with E-state index in [4.69, 9.17) is 9.47 Å². The summed E-state index contributed by atoms with van der Waals surface area (Å²) in [6, 6.07) is 2.00. The second-order valence-electron chi connectivity index (χ2n) is 4.79. The van der Waals surface area contributed by atoms with Crippen molar-refractivity contribution in [2.24, 2.45) is 15.9 Å². The quantitative estimate of drug-likeness (QED) is 0.649. The van der Waals surface area contributed by atoms with Gasteiger partial charge in [0.2, 0.25) is 5.88 Å². The second kappa shape index (κ2) is 3.88. The number of nitrogens with zero attached hydrogens (tertiary/aromatic N) is 3. The van der Waals surface area contributed by atoms with Crippen LogP contribution in [0.15, 0.2) is 22.3 Å². The highest BCUT2D eigenvalue weighted by atomic mass is 16.5. The number of hydrogen-bond donors (Lipinski definition) is 0. The number of ether oxygens (including phenoxy) is 2. The standard InChI is InChI=1S/C13H13N3O2/c1-3-14-12-8(1)5-10-13(16-12)18-11-7-17-4-2-9(11)6-15-10/h1,3,5,9,11H,2,4,6-7H2/t9-,11-/m1/s1. The molecule has 3 aliphatic rings. The predicted molar refractivity (Wildman–Crippen MR) is 63.8 cm³/mol. The maximum atomic E-state index is 5.97. The van der Waals surface area contributed by atoms with E-state index in [-0.39, 0.29) is 6.10 Å². The van der Waals surface area contributed by atoms with E-state index < -0.39 is 0 Å². The van der Waals surface area contributed by atoms with Crippen LogP contribution in [0.4, 0.5) is 0 Å². The topological polar surface area (TPSA) is 56.1 Å². The smallest absolute Gasteiger partial charge is 0.241 e. The maximum Gasteiger partial charge on any atom is 0.241 e. The molecule has 4 heterocycles. The van der Waals surface area contributed by atoms with Crippen molar-refractivity contribution < 1.29 is 9.47 Å². The Morgan fingerprint density at radius 3 is 3.33 bits per heavy atom. The van der Waals surface area contributed by atoms with Crippen LogP contribution in [0.1, 0.15) is 12.0 Å². The molecule has 3 aliphatic heterocycles. The van der Waals surface area contributed by atoms with Crippen molar-refractivity contribution in [3.8, 4) is 5.88 Å². The molecular formula is C13H13N3O2. The maximum absolute atomic E-state index is 5.97. The predicted octanol–water partition coefficient (Wildman–Crippen LogP) is 0.103. The van der Waals surface area contributed by atoms with Crippen LogP contribution in [0, 0.1) is 5.92 Å². The molecule has 0 N–H and O–H groups in total. The second-order valence-corrected chi connectivity index (χ2v) is 4.79. The molecule has 0 amide bonds. The van der Waals surface area contributed by atoms with Gasteiger partial charge in [-0.15, -0.1) is 0 Å². The van der Waals surface area contributed by atoms with E-state index in [1.807, 2.05) is 12.1 Å². The lowest BCUT2D eigenvalue weighted by atomic mass is 9.97. The normalized spacial score (nSPS) is 28.0. The lowest BCUT2D eigenvalue weighted by Crippen LogP contribution is -2.38. The highest BCUT2D eigenvalue weighted by Crippen LogP contribution is 2.21. The third kappa shape index (κ3) is 1.54. The molecule has 5 heteroatoms. The van der Waals surface area contributed by atoms with E-state index in [1.54, 1.807) is 6.20 Å². The van der Waals surface area contributed by atoms with Crippen LogP contribution in [-0.4, -0.2) is 30.8 Å². The highest BCUT2D eigenvalue weighted by molar-refractivity contribution is 5.50. The SMILES string of the molecule is C1=Cc2cc3c(nc2=N1)O[C@@H]1COCC[C@@H]1CN=3. The minimum absolute atomic E-state index is 0.0728. The summed E-state index contributed by atoms with van der Waals surface area (Å²) in [5, 5.41) is 0.838. The number of hydrogen-bond acceptors (Lipinski definition) is 5. The summed E-state index contributed by atoms with van der Waals surface area (Å²) in [4.78, 5) is 13.3. The number of pyridine rings is 1. The van der Waals surface area contributed by atoms with Crippen LogP contribution in [-0.2, 0) is 4.74 Å². The van der Waals surface area contributed by atoms with Crippen LogP contribution < -0.4 is 15.6 Å². The molecule has 1 aromatic rings. The van der Waals surface area contributed by atoms with Crippen molar-refractivity contribution in [3.63, 3.8) is 0 Å². The Kier molecular flexibility index (Phi) is 2.20. The first-order chi connectivity index (χ1) is 8.90. The Balaban J connectivity index is 1.81. The number of rotatable bonds is 0. The van der Waals surface area contributed by atoms with Crippen LogP contribution in [0.25, 0.3) is 6.08 Å². The first-order valence-corrected chi connectivity index (χ1v) is 6.24. The lowest BCUT2D eigenvalue weighted by molar-refractivity contribution is -0.0273. The first kappa shape index (κ1) is 10.2. The minimum atomic E-state index is 0.0728. The zero-order valence-electron chi connectivity index (χ0n) is 9.87. The van der Waals surface area contributed by atoms with Crippen molar-refractivity contribution in [2.75, 3.05) is 19.8 Å². The summed E-state index contributed by atoms with van der Waals surface area (Å²) in [5.74, 6) is 1.04. The summed E-state index contributed by atoms with van der Waals surface area (Å²) >= 11 is 0. The Hall–Kier alpha value is -1.75. The molecule has 2 atom stereocenters. The van der Waals surface area contributed by atoms with Gasteiger partial charge >= 0.3 is 0 Å². The molecule has 1 saturated heterocycles. The van der Waals surface area contributed by atoms with E-state index in [2.05, 4.69) is 15.0 Å². The van der Waals surface area contributed by atoms with E-state index >= 15 is 0 Å². The van der Waals surface area contributed by atoms with Crippen molar-refractivity contribution in [2.45, 2.75) is 12.5 Å². The van der Waals surface area contributed by atoms with Gasteiger partial charge in [0, 0.05) is 30.8 Å². The molecule has 0 spiro atoms. The largest absolute Gasteiger partial charge is 0.470 e. The third-order valence-electron chi connectivity index (χ3n) is 3.63. The Morgan fingerprint density at radius 1 is 1.33 bits per heavy atom. The van der Waals surface area contributed by atoms with Crippen LogP contribution in [0.3, 0.4) is 0 Å². The van der Waals surface area contributed by atoms with Crippen molar-refractivity contribution in [1.29, 1.82) is 0 Å². The summed E-state index contributed by atoms with van der Waals surface area (Å²) < 4.78 is 11.4. The van der Waals surface area contributed by atoms with Gasteiger partial charge in [-0.2, -0.15) is 4.98 Å². The Bertz CT molecular complexity index is 638. The van der Waals surface area contributed by atoms with E-state index in [1.165, 1.54) is 0 Å². The summed E-state index contributed by atoms with van der Waals surface area (Å²) in [6.45, 7) is 2.23. The first-order valence-electron chi connectivity index (χ1n) is 6.24. The molecular weight excluding hydrogens is 230 g/mol. The van der Waals surface area contributed by atoms with E-state index in [0.717, 1.165) is 36.0 Å². The lowest BCUT2D eigenvalue weighted by Gasteiger charge is -2.28. The van der Waals surface area contributed by atoms with Crippen LogP contribution in [0.5, 0.6) is 5.88 Å². The molecule has 0 aromatic carbocycles. The minimum Gasteiger partial charge on any atom is -0.470 e. The van der Waals surface area contributed by atoms with Crippen molar-refractivity contribution in [3.05, 3.63) is 28.7 Å². The molecule has 0 radical (unpaired) electrons. The zero-order chi connectivity index (χ0) is 11.9. The van der Waals surface area contributed by atoms with E-state index in [9.17, 15) is 0 Å². The fourth-order valence-corrected chi connectivity index (χ4v) is 2.56. The van der Waals surface area contributed by atoms with Gasteiger partial charge < -0.3 is 9.47 Å². The van der Waals surface area contributed by atoms with Crippen LogP contribution >= 0.6 is 0 Å². The van der Waals surface area contributed by atoms with Crippen molar-refractivity contribution in [1.82, 2.24) is 4.98 Å². The fourth-order valence-electron chi connectivity index (χ4n) is 2.56. The van der Waals surface area contributed by atoms with Gasteiger partial charge in [-0.1, -0.05) is 0 Å².